The summed E-state index contributed by atoms with van der Waals surface area (Å²) in [4.78, 5) is 20.3. The van der Waals surface area contributed by atoms with Gasteiger partial charge in [-0.1, -0.05) is 0 Å². The van der Waals surface area contributed by atoms with Gasteiger partial charge in [-0.25, -0.2) is 0 Å². The second kappa shape index (κ2) is 3.37. The number of rotatable bonds is 5. The first kappa shape index (κ1) is 8.04. The lowest BCUT2D eigenvalue weighted by atomic mass is 10.1. The number of amides is 1. The molecule has 0 radical (unpaired) electrons. The Morgan fingerprint density at radius 3 is 2.73 bits per heavy atom. The molecule has 0 aliphatic heterocycles. The molecule has 1 aliphatic rings. The highest BCUT2D eigenvalue weighted by molar-refractivity contribution is 5.68. The van der Waals surface area contributed by atoms with Crippen molar-refractivity contribution in [1.82, 2.24) is 5.32 Å². The van der Waals surface area contributed by atoms with Crippen molar-refractivity contribution in [1.29, 1.82) is 0 Å². The zero-order valence-electron chi connectivity index (χ0n) is 6.12. The lowest BCUT2D eigenvalue weighted by Crippen LogP contribution is -2.32. The molecule has 2 N–H and O–H groups in total. The maximum Gasteiger partial charge on any atom is 0.305 e. The number of carbonyl (C=O) groups is 2. The number of carboxylic acid groups (broad SMARTS) is 1. The van der Waals surface area contributed by atoms with E-state index < -0.39 is 5.97 Å². The van der Waals surface area contributed by atoms with Crippen LogP contribution >= 0.6 is 0 Å². The second-order valence-corrected chi connectivity index (χ2v) is 2.83. The Balaban J connectivity index is 2.31. The van der Waals surface area contributed by atoms with E-state index in [9.17, 15) is 9.59 Å². The van der Waals surface area contributed by atoms with Crippen LogP contribution in [0.1, 0.15) is 19.3 Å². The summed E-state index contributed by atoms with van der Waals surface area (Å²) in [5.74, 6) is -0.451. The molecule has 11 heavy (non-hydrogen) atoms. The van der Waals surface area contributed by atoms with Crippen LogP contribution in [0.4, 0.5) is 0 Å². The van der Waals surface area contributed by atoms with E-state index in [1.54, 1.807) is 0 Å². The molecule has 0 unspecified atom stereocenters. The van der Waals surface area contributed by atoms with Crippen LogP contribution in [-0.4, -0.2) is 23.5 Å². The normalized spacial score (nSPS) is 18.9. The van der Waals surface area contributed by atoms with Gasteiger partial charge in [-0.05, 0) is 18.8 Å². The smallest absolute Gasteiger partial charge is 0.305 e. The average molecular weight is 157 g/mol. The molecule has 0 aromatic carbocycles. The highest BCUT2D eigenvalue weighted by Gasteiger charge is 2.32. The summed E-state index contributed by atoms with van der Waals surface area (Å²) < 4.78 is 0. The number of carboxylic acids is 1. The van der Waals surface area contributed by atoms with Gasteiger partial charge in [0.1, 0.15) is 0 Å². The number of aliphatic carboxylic acids is 1. The number of nitrogens with one attached hydrogen (secondary N) is 1. The molecule has 1 aliphatic carbocycles. The highest BCUT2D eigenvalue weighted by atomic mass is 16.4. The third-order valence-electron chi connectivity index (χ3n) is 1.87. The van der Waals surface area contributed by atoms with Gasteiger partial charge in [0.25, 0.3) is 0 Å². The third-order valence-corrected chi connectivity index (χ3v) is 1.87. The number of hydrogen-bond acceptors (Lipinski definition) is 2. The van der Waals surface area contributed by atoms with Gasteiger partial charge < -0.3 is 10.4 Å². The van der Waals surface area contributed by atoms with E-state index in [0.29, 0.717) is 12.3 Å². The fraction of sp³-hybridized carbons (Fsp3) is 0.714. The van der Waals surface area contributed by atoms with Crippen LogP contribution in [0, 0.1) is 5.92 Å². The Kier molecular flexibility index (Phi) is 2.46. The van der Waals surface area contributed by atoms with Gasteiger partial charge in [0, 0.05) is 6.04 Å². The Bertz CT molecular complexity index is 165. The van der Waals surface area contributed by atoms with E-state index in [1.807, 2.05) is 0 Å². The SMILES string of the molecule is O=CN[C@@H](CC(=O)O)C1CC1. The molecule has 1 atom stereocenters. The van der Waals surface area contributed by atoms with Crippen LogP contribution in [0.5, 0.6) is 0 Å². The minimum absolute atomic E-state index is 0.0450. The van der Waals surface area contributed by atoms with Gasteiger partial charge in [0.2, 0.25) is 6.41 Å². The second-order valence-electron chi connectivity index (χ2n) is 2.83. The fourth-order valence-electron chi connectivity index (χ4n) is 1.14. The lowest BCUT2D eigenvalue weighted by molar-refractivity contribution is -0.137. The summed E-state index contributed by atoms with van der Waals surface area (Å²) in [5.41, 5.74) is 0. The standard InChI is InChI=1S/C7H11NO3/c9-4-8-6(3-7(10)11)5-1-2-5/h4-6H,1-3H2,(H,8,9)(H,10,11)/t6-/m0/s1. The molecule has 0 saturated heterocycles. The molecular formula is C7H11NO3. The molecule has 0 aromatic rings. The number of carbonyl (C=O) groups excluding carboxylic acids is 1. The number of hydrogen-bond donors (Lipinski definition) is 2. The Labute approximate surface area is 64.6 Å². The van der Waals surface area contributed by atoms with Gasteiger partial charge in [0.05, 0.1) is 6.42 Å². The van der Waals surface area contributed by atoms with E-state index in [0.717, 1.165) is 12.8 Å². The summed E-state index contributed by atoms with van der Waals surface area (Å²) >= 11 is 0. The molecule has 1 fully saturated rings. The van der Waals surface area contributed by atoms with E-state index >= 15 is 0 Å². The topological polar surface area (TPSA) is 66.4 Å². The summed E-state index contributed by atoms with van der Waals surface area (Å²) in [5, 5.41) is 10.9. The zero-order valence-corrected chi connectivity index (χ0v) is 6.12. The molecule has 0 bridgehead atoms. The minimum atomic E-state index is -0.851. The first-order valence-electron chi connectivity index (χ1n) is 3.65. The van der Waals surface area contributed by atoms with Crippen molar-refractivity contribution in [2.45, 2.75) is 25.3 Å². The monoisotopic (exact) mass is 157 g/mol. The molecule has 62 valence electrons. The molecular weight excluding hydrogens is 146 g/mol. The molecule has 1 saturated carbocycles. The van der Waals surface area contributed by atoms with Crippen LogP contribution < -0.4 is 5.32 Å². The van der Waals surface area contributed by atoms with E-state index in [-0.39, 0.29) is 12.5 Å². The van der Waals surface area contributed by atoms with Crippen molar-refractivity contribution >= 4 is 12.4 Å². The molecule has 0 aromatic heterocycles. The first-order chi connectivity index (χ1) is 5.24. The quantitative estimate of drug-likeness (QED) is 0.551. The van der Waals surface area contributed by atoms with Crippen molar-refractivity contribution in [2.24, 2.45) is 5.92 Å². The van der Waals surface area contributed by atoms with Crippen molar-refractivity contribution < 1.29 is 14.7 Å². The predicted molar refractivity (Wildman–Crippen MR) is 38.0 cm³/mol. The van der Waals surface area contributed by atoms with Crippen molar-refractivity contribution in [2.75, 3.05) is 0 Å². The molecule has 0 spiro atoms. The van der Waals surface area contributed by atoms with Crippen LogP contribution in [-0.2, 0) is 9.59 Å². The molecule has 4 heteroatoms. The Morgan fingerprint density at radius 2 is 2.36 bits per heavy atom. The summed E-state index contributed by atoms with van der Waals surface area (Å²) in [6.45, 7) is 0. The summed E-state index contributed by atoms with van der Waals surface area (Å²) in [6.07, 6.45) is 2.70. The largest absolute Gasteiger partial charge is 0.481 e. The van der Waals surface area contributed by atoms with Crippen molar-refractivity contribution in [3.63, 3.8) is 0 Å². The van der Waals surface area contributed by atoms with Gasteiger partial charge in [0.15, 0.2) is 0 Å². The highest BCUT2D eigenvalue weighted by Crippen LogP contribution is 2.33. The van der Waals surface area contributed by atoms with E-state index in [2.05, 4.69) is 5.32 Å². The lowest BCUT2D eigenvalue weighted by Gasteiger charge is -2.11. The van der Waals surface area contributed by atoms with Crippen molar-refractivity contribution in [3.8, 4) is 0 Å². The summed E-state index contributed by atoms with van der Waals surface area (Å²) in [6, 6.07) is -0.148. The van der Waals surface area contributed by atoms with Crippen LogP contribution in [0.15, 0.2) is 0 Å². The molecule has 1 rings (SSSR count). The van der Waals surface area contributed by atoms with Gasteiger partial charge >= 0.3 is 5.97 Å². The van der Waals surface area contributed by atoms with E-state index in [4.69, 9.17) is 5.11 Å². The Morgan fingerprint density at radius 1 is 1.73 bits per heavy atom. The maximum absolute atomic E-state index is 10.3. The third kappa shape index (κ3) is 2.57. The summed E-state index contributed by atoms with van der Waals surface area (Å²) in [7, 11) is 0. The minimum Gasteiger partial charge on any atom is -0.481 e. The first-order valence-corrected chi connectivity index (χ1v) is 3.65. The van der Waals surface area contributed by atoms with Gasteiger partial charge in [-0.3, -0.25) is 9.59 Å². The van der Waals surface area contributed by atoms with Crippen molar-refractivity contribution in [3.05, 3.63) is 0 Å². The van der Waals surface area contributed by atoms with Crippen LogP contribution in [0.3, 0.4) is 0 Å². The Hall–Kier alpha value is -1.06. The molecule has 0 heterocycles. The van der Waals surface area contributed by atoms with Gasteiger partial charge in [-0.2, -0.15) is 0 Å². The van der Waals surface area contributed by atoms with Gasteiger partial charge in [-0.15, -0.1) is 0 Å². The maximum atomic E-state index is 10.3. The van der Waals surface area contributed by atoms with Crippen LogP contribution in [0.2, 0.25) is 0 Å². The zero-order chi connectivity index (χ0) is 8.27. The predicted octanol–water partition coefficient (Wildman–Crippen LogP) is -0.0143. The fourth-order valence-corrected chi connectivity index (χ4v) is 1.14. The van der Waals surface area contributed by atoms with Crippen LogP contribution in [0.25, 0.3) is 0 Å². The molecule has 1 amide bonds. The average Bonchev–Trinajstić information content (AvgIpc) is 2.66. The van der Waals surface area contributed by atoms with E-state index in [1.165, 1.54) is 0 Å². The molecule has 4 nitrogen and oxygen atoms in total.